The zero-order chi connectivity index (χ0) is 12.9. The molecule has 0 aliphatic rings. The summed E-state index contributed by atoms with van der Waals surface area (Å²) in [4.78, 5) is 33.8. The minimum absolute atomic E-state index is 0.0847. The average Bonchev–Trinajstić information content (AvgIpc) is 2.14. The molecule has 0 rings (SSSR count). The van der Waals surface area contributed by atoms with Crippen LogP contribution in [-0.2, 0) is 14.4 Å². The first-order valence-electron chi connectivity index (χ1n) is 4.99. The Morgan fingerprint density at radius 1 is 1.12 bits per heavy atom. The van der Waals surface area contributed by atoms with Gasteiger partial charge in [0.25, 0.3) is 0 Å². The monoisotopic (exact) mass is 231 g/mol. The quantitative estimate of drug-likeness (QED) is 0.684. The van der Waals surface area contributed by atoms with E-state index >= 15 is 0 Å². The van der Waals surface area contributed by atoms with E-state index in [0.717, 1.165) is 4.90 Å². The van der Waals surface area contributed by atoms with E-state index in [4.69, 9.17) is 10.2 Å². The van der Waals surface area contributed by atoms with Crippen LogP contribution in [0, 0.1) is 11.8 Å². The molecule has 0 heterocycles. The second-order valence-electron chi connectivity index (χ2n) is 4.01. The summed E-state index contributed by atoms with van der Waals surface area (Å²) in [6.07, 6.45) is 0. The molecule has 0 aliphatic heterocycles. The Bertz CT molecular complexity index is 287. The highest BCUT2D eigenvalue weighted by molar-refractivity contribution is 5.83. The topological polar surface area (TPSA) is 94.9 Å². The molecule has 0 saturated heterocycles. The first-order chi connectivity index (χ1) is 7.25. The number of hydrogen-bond donors (Lipinski definition) is 2. The lowest BCUT2D eigenvalue weighted by Crippen LogP contribution is -2.42. The van der Waals surface area contributed by atoms with E-state index < -0.39 is 24.4 Å². The Labute approximate surface area is 93.9 Å². The van der Waals surface area contributed by atoms with E-state index in [1.807, 2.05) is 0 Å². The summed E-state index contributed by atoms with van der Waals surface area (Å²) in [6.45, 7) is 4.17. The molecule has 1 unspecified atom stereocenters. The normalized spacial score (nSPS) is 12.2. The van der Waals surface area contributed by atoms with Gasteiger partial charge in [0.15, 0.2) is 0 Å². The third kappa shape index (κ3) is 4.77. The predicted octanol–water partition coefficient (Wildman–Crippen LogP) is 0.276. The van der Waals surface area contributed by atoms with Gasteiger partial charge in [0.2, 0.25) is 5.91 Å². The standard InChI is InChI=1S/C10H17NO5/c1-6(2)9(14)11(5-8(12)13)4-7(3)10(15)16/h6-7H,4-5H2,1-3H3,(H,12,13)(H,15,16). The summed E-state index contributed by atoms with van der Waals surface area (Å²) >= 11 is 0. The van der Waals surface area contributed by atoms with E-state index in [1.165, 1.54) is 6.92 Å². The molecule has 0 spiro atoms. The lowest BCUT2D eigenvalue weighted by Gasteiger charge is -2.24. The minimum atomic E-state index is -1.15. The largest absolute Gasteiger partial charge is 0.481 e. The number of hydrogen-bond acceptors (Lipinski definition) is 3. The molecule has 0 fully saturated rings. The Morgan fingerprint density at radius 3 is 1.94 bits per heavy atom. The zero-order valence-corrected chi connectivity index (χ0v) is 9.64. The van der Waals surface area contributed by atoms with Crippen molar-refractivity contribution in [2.45, 2.75) is 20.8 Å². The molecule has 0 aliphatic carbocycles. The second kappa shape index (κ2) is 6.09. The van der Waals surface area contributed by atoms with Gasteiger partial charge in [0.1, 0.15) is 6.54 Å². The summed E-state index contributed by atoms with van der Waals surface area (Å²) in [5, 5.41) is 17.3. The van der Waals surface area contributed by atoms with Crippen molar-refractivity contribution in [1.82, 2.24) is 4.90 Å². The van der Waals surface area contributed by atoms with Crippen molar-refractivity contribution in [3.05, 3.63) is 0 Å². The molecule has 1 atom stereocenters. The number of aliphatic carboxylic acids is 2. The van der Waals surface area contributed by atoms with Crippen LogP contribution in [0.5, 0.6) is 0 Å². The lowest BCUT2D eigenvalue weighted by atomic mass is 10.1. The Balaban J connectivity index is 4.61. The number of amides is 1. The third-order valence-electron chi connectivity index (χ3n) is 2.05. The summed E-state index contributed by atoms with van der Waals surface area (Å²) < 4.78 is 0. The minimum Gasteiger partial charge on any atom is -0.481 e. The number of nitrogens with zero attached hydrogens (tertiary/aromatic N) is 1. The van der Waals surface area contributed by atoms with Crippen LogP contribution < -0.4 is 0 Å². The molecule has 0 saturated carbocycles. The molecule has 0 aromatic rings. The van der Waals surface area contributed by atoms with Crippen molar-refractivity contribution >= 4 is 17.8 Å². The fourth-order valence-corrected chi connectivity index (χ4v) is 1.17. The van der Waals surface area contributed by atoms with Gasteiger partial charge >= 0.3 is 11.9 Å². The van der Waals surface area contributed by atoms with E-state index in [2.05, 4.69) is 0 Å². The number of carboxylic acid groups (broad SMARTS) is 2. The molecular weight excluding hydrogens is 214 g/mol. The average molecular weight is 231 g/mol. The maximum absolute atomic E-state index is 11.6. The first kappa shape index (κ1) is 14.4. The Morgan fingerprint density at radius 2 is 1.62 bits per heavy atom. The molecule has 16 heavy (non-hydrogen) atoms. The van der Waals surface area contributed by atoms with Gasteiger partial charge in [-0.05, 0) is 0 Å². The van der Waals surface area contributed by atoms with Crippen LogP contribution in [0.4, 0.5) is 0 Å². The van der Waals surface area contributed by atoms with E-state index in [-0.39, 0.29) is 18.4 Å². The molecular formula is C10H17NO5. The van der Waals surface area contributed by atoms with Gasteiger partial charge in [-0.15, -0.1) is 0 Å². The van der Waals surface area contributed by atoms with Crippen molar-refractivity contribution in [3.8, 4) is 0 Å². The van der Waals surface area contributed by atoms with Crippen molar-refractivity contribution in [1.29, 1.82) is 0 Å². The Kier molecular flexibility index (Phi) is 5.49. The van der Waals surface area contributed by atoms with Gasteiger partial charge in [0, 0.05) is 12.5 Å². The summed E-state index contributed by atoms with van der Waals surface area (Å²) in [7, 11) is 0. The lowest BCUT2D eigenvalue weighted by molar-refractivity contribution is -0.149. The van der Waals surface area contributed by atoms with Crippen LogP contribution in [0.25, 0.3) is 0 Å². The van der Waals surface area contributed by atoms with Crippen LogP contribution in [0.2, 0.25) is 0 Å². The molecule has 1 amide bonds. The molecule has 2 N–H and O–H groups in total. The zero-order valence-electron chi connectivity index (χ0n) is 9.64. The smallest absolute Gasteiger partial charge is 0.323 e. The summed E-state index contributed by atoms with van der Waals surface area (Å²) in [5.74, 6) is -3.67. The SMILES string of the molecule is CC(C)C(=O)N(CC(=O)O)CC(C)C(=O)O. The van der Waals surface area contributed by atoms with Crippen LogP contribution in [0.1, 0.15) is 20.8 Å². The van der Waals surface area contributed by atoms with Crippen molar-refractivity contribution < 1.29 is 24.6 Å². The highest BCUT2D eigenvalue weighted by Crippen LogP contribution is 2.06. The van der Waals surface area contributed by atoms with Gasteiger partial charge in [-0.1, -0.05) is 20.8 Å². The molecule has 6 heteroatoms. The van der Waals surface area contributed by atoms with Gasteiger partial charge in [-0.3, -0.25) is 14.4 Å². The maximum atomic E-state index is 11.6. The summed E-state index contributed by atoms with van der Waals surface area (Å²) in [6, 6.07) is 0. The predicted molar refractivity (Wildman–Crippen MR) is 55.9 cm³/mol. The number of rotatable bonds is 6. The number of carbonyl (C=O) groups is 3. The van der Waals surface area contributed by atoms with Gasteiger partial charge in [-0.2, -0.15) is 0 Å². The van der Waals surface area contributed by atoms with Crippen LogP contribution >= 0.6 is 0 Å². The highest BCUT2D eigenvalue weighted by Gasteiger charge is 2.24. The fraction of sp³-hybridized carbons (Fsp3) is 0.700. The molecule has 6 nitrogen and oxygen atoms in total. The molecule has 92 valence electrons. The van der Waals surface area contributed by atoms with E-state index in [0.29, 0.717) is 0 Å². The Hall–Kier alpha value is -1.59. The number of carbonyl (C=O) groups excluding carboxylic acids is 1. The van der Waals surface area contributed by atoms with Crippen molar-refractivity contribution in [2.75, 3.05) is 13.1 Å². The fourth-order valence-electron chi connectivity index (χ4n) is 1.17. The van der Waals surface area contributed by atoms with Crippen molar-refractivity contribution in [2.24, 2.45) is 11.8 Å². The molecule has 0 radical (unpaired) electrons. The van der Waals surface area contributed by atoms with Gasteiger partial charge < -0.3 is 15.1 Å². The van der Waals surface area contributed by atoms with Crippen LogP contribution in [0.3, 0.4) is 0 Å². The first-order valence-corrected chi connectivity index (χ1v) is 4.99. The molecule has 0 bridgehead atoms. The van der Waals surface area contributed by atoms with Gasteiger partial charge in [-0.25, -0.2) is 0 Å². The summed E-state index contributed by atoms with van der Waals surface area (Å²) in [5.41, 5.74) is 0. The highest BCUT2D eigenvalue weighted by atomic mass is 16.4. The number of carboxylic acids is 2. The third-order valence-corrected chi connectivity index (χ3v) is 2.05. The van der Waals surface area contributed by atoms with Crippen LogP contribution in [0.15, 0.2) is 0 Å². The molecule has 0 aromatic carbocycles. The van der Waals surface area contributed by atoms with Crippen LogP contribution in [-0.4, -0.2) is 46.0 Å². The van der Waals surface area contributed by atoms with E-state index in [9.17, 15) is 14.4 Å². The molecule has 0 aromatic heterocycles. The van der Waals surface area contributed by atoms with Gasteiger partial charge in [0.05, 0.1) is 5.92 Å². The maximum Gasteiger partial charge on any atom is 0.323 e. The van der Waals surface area contributed by atoms with Crippen molar-refractivity contribution in [3.63, 3.8) is 0 Å². The van der Waals surface area contributed by atoms with E-state index in [1.54, 1.807) is 13.8 Å². The second-order valence-corrected chi connectivity index (χ2v) is 4.01.